The number of rotatable bonds is 0. The van der Waals surface area contributed by atoms with Gasteiger partial charge in [0.1, 0.15) is 11.2 Å². The Labute approximate surface area is 169 Å². The van der Waals surface area contributed by atoms with E-state index < -0.39 is 0 Å². The number of nitrogens with zero attached hydrogens (tertiary/aromatic N) is 3. The van der Waals surface area contributed by atoms with Crippen LogP contribution in [0.3, 0.4) is 0 Å². The van der Waals surface area contributed by atoms with Crippen molar-refractivity contribution in [2.45, 2.75) is 0 Å². The number of hydrogen-bond donors (Lipinski definition) is 0. The van der Waals surface area contributed by atoms with Crippen LogP contribution in [0.25, 0.3) is 70.8 Å². The van der Waals surface area contributed by atoms with E-state index >= 15 is 0 Å². The second-order valence-electron chi connectivity index (χ2n) is 7.91. The largest absolute Gasteiger partial charge is 0.455 e. The van der Waals surface area contributed by atoms with Crippen LogP contribution in [0.4, 0.5) is 0 Å². The molecule has 0 aliphatic rings. The van der Waals surface area contributed by atoms with E-state index in [1.807, 2.05) is 24.8 Å². The van der Waals surface area contributed by atoms with Crippen molar-refractivity contribution < 1.29 is 4.42 Å². The van der Waals surface area contributed by atoms with E-state index in [0.29, 0.717) is 0 Å². The van der Waals surface area contributed by atoms with Gasteiger partial charge in [0.05, 0.1) is 34.3 Å². The lowest BCUT2D eigenvalue weighted by Crippen LogP contribution is -1.81. The minimum atomic E-state index is 0.924. The van der Waals surface area contributed by atoms with Crippen molar-refractivity contribution >= 4 is 70.8 Å². The Morgan fingerprint density at radius 1 is 0.667 bits per heavy atom. The number of hydrogen-bond acceptors (Lipinski definition) is 3. The number of furan rings is 1. The van der Waals surface area contributed by atoms with Gasteiger partial charge in [0.25, 0.3) is 0 Å². The molecule has 0 saturated heterocycles. The zero-order chi connectivity index (χ0) is 19.4. The maximum Gasteiger partial charge on any atom is 0.145 e. The van der Waals surface area contributed by atoms with Crippen LogP contribution in [0.5, 0.6) is 0 Å². The first-order chi connectivity index (χ1) is 14.9. The fourth-order valence-corrected chi connectivity index (χ4v) is 5.30. The summed E-state index contributed by atoms with van der Waals surface area (Å²) in [6, 6.07) is 19.2. The Kier molecular flexibility index (Phi) is 2.39. The fraction of sp³-hybridized carbons (Fsp3) is 0. The molecule has 8 aromatic rings. The van der Waals surface area contributed by atoms with Gasteiger partial charge in [0.2, 0.25) is 0 Å². The number of aromatic nitrogens is 3. The molecule has 0 unspecified atom stereocenters. The van der Waals surface area contributed by atoms with Crippen molar-refractivity contribution in [3.63, 3.8) is 0 Å². The predicted molar refractivity (Wildman–Crippen MR) is 121 cm³/mol. The topological polar surface area (TPSA) is 43.3 Å². The monoisotopic (exact) mass is 383 g/mol. The Balaban J connectivity index is 1.79. The molecule has 0 saturated carbocycles. The minimum Gasteiger partial charge on any atom is -0.455 e. The zero-order valence-electron chi connectivity index (χ0n) is 15.8. The van der Waals surface area contributed by atoms with Gasteiger partial charge in [-0.05, 0) is 35.0 Å². The smallest absolute Gasteiger partial charge is 0.145 e. The lowest BCUT2D eigenvalue weighted by atomic mass is 10.0. The number of pyridine rings is 2. The van der Waals surface area contributed by atoms with Gasteiger partial charge in [-0.15, -0.1) is 0 Å². The average molecular weight is 383 g/mol. The molecule has 0 radical (unpaired) electrons. The second kappa shape index (κ2) is 4.86. The molecule has 0 spiro atoms. The van der Waals surface area contributed by atoms with E-state index in [0.717, 1.165) is 38.4 Å². The first kappa shape index (κ1) is 14.8. The molecule has 4 heteroatoms. The van der Waals surface area contributed by atoms with Crippen LogP contribution >= 0.6 is 0 Å². The van der Waals surface area contributed by atoms with E-state index in [1.54, 1.807) is 0 Å². The summed E-state index contributed by atoms with van der Waals surface area (Å²) in [4.78, 5) is 8.80. The average Bonchev–Trinajstić information content (AvgIpc) is 3.44. The SMILES string of the molecule is c1ccc2c(c1)ccc1oc3c(cc4c5ccncc5n5c6cnccc6c3c45)c12. The summed E-state index contributed by atoms with van der Waals surface area (Å²) in [6.45, 7) is 0. The molecule has 0 N–H and O–H groups in total. The highest BCUT2D eigenvalue weighted by Gasteiger charge is 2.23. The van der Waals surface area contributed by atoms with Gasteiger partial charge in [-0.2, -0.15) is 0 Å². The highest BCUT2D eigenvalue weighted by Crippen LogP contribution is 2.46. The van der Waals surface area contributed by atoms with Crippen LogP contribution < -0.4 is 0 Å². The van der Waals surface area contributed by atoms with Gasteiger partial charge in [-0.1, -0.05) is 30.3 Å². The lowest BCUT2D eigenvalue weighted by molar-refractivity contribution is 0.673. The Morgan fingerprint density at radius 2 is 1.47 bits per heavy atom. The van der Waals surface area contributed by atoms with E-state index in [1.165, 1.54) is 32.4 Å². The van der Waals surface area contributed by atoms with Crippen molar-refractivity contribution in [2.75, 3.05) is 0 Å². The molecule has 5 aromatic heterocycles. The molecule has 0 bridgehead atoms. The third-order valence-electron chi connectivity index (χ3n) is 6.49. The van der Waals surface area contributed by atoms with E-state index in [2.05, 4.69) is 69.0 Å². The third-order valence-corrected chi connectivity index (χ3v) is 6.49. The first-order valence-electron chi connectivity index (χ1n) is 10.00. The fourth-order valence-electron chi connectivity index (χ4n) is 5.30. The summed E-state index contributed by atoms with van der Waals surface area (Å²) in [7, 11) is 0. The number of benzene rings is 3. The van der Waals surface area contributed by atoms with Crippen LogP contribution in [0, 0.1) is 0 Å². The summed E-state index contributed by atoms with van der Waals surface area (Å²) in [5, 5.41) is 9.51. The summed E-state index contributed by atoms with van der Waals surface area (Å²) >= 11 is 0. The molecule has 138 valence electrons. The molecule has 0 atom stereocenters. The van der Waals surface area contributed by atoms with Gasteiger partial charge >= 0.3 is 0 Å². The number of fused-ring (bicyclic) bond motifs is 12. The standard InChI is InChI=1S/C26H13N3O/c1-2-4-15-14(3-1)5-6-22-23(15)19-11-18-16-7-9-27-12-20(16)29-21-13-28-10-8-17(21)24(25(18)29)26(19)30-22/h1-13H. The van der Waals surface area contributed by atoms with Crippen molar-refractivity contribution in [2.24, 2.45) is 0 Å². The predicted octanol–water partition coefficient (Wildman–Crippen LogP) is 6.68. The third kappa shape index (κ3) is 1.54. The van der Waals surface area contributed by atoms with E-state index in [9.17, 15) is 0 Å². The summed E-state index contributed by atoms with van der Waals surface area (Å²) in [5.74, 6) is 0. The summed E-state index contributed by atoms with van der Waals surface area (Å²) < 4.78 is 8.81. The molecule has 0 amide bonds. The van der Waals surface area contributed by atoms with Crippen LogP contribution in [0.15, 0.2) is 83.8 Å². The normalized spacial score (nSPS) is 12.7. The summed E-state index contributed by atoms with van der Waals surface area (Å²) in [6.07, 6.45) is 7.60. The molecule has 5 heterocycles. The maximum atomic E-state index is 6.53. The Hall–Kier alpha value is -4.18. The molecule has 4 nitrogen and oxygen atoms in total. The van der Waals surface area contributed by atoms with Crippen molar-refractivity contribution in [1.29, 1.82) is 0 Å². The van der Waals surface area contributed by atoms with Crippen molar-refractivity contribution in [3.05, 3.63) is 79.4 Å². The zero-order valence-corrected chi connectivity index (χ0v) is 15.8. The molecular weight excluding hydrogens is 370 g/mol. The summed E-state index contributed by atoms with van der Waals surface area (Å²) in [5.41, 5.74) is 5.22. The minimum absolute atomic E-state index is 0.924. The molecule has 8 rings (SSSR count). The first-order valence-corrected chi connectivity index (χ1v) is 10.00. The molecular formula is C26H13N3O. The van der Waals surface area contributed by atoms with Crippen molar-refractivity contribution in [1.82, 2.24) is 14.4 Å². The molecule has 0 fully saturated rings. The van der Waals surface area contributed by atoms with Crippen LogP contribution in [0.1, 0.15) is 0 Å². The Bertz CT molecular complexity index is 1960. The van der Waals surface area contributed by atoms with E-state index in [-0.39, 0.29) is 0 Å². The lowest BCUT2D eigenvalue weighted by Gasteiger charge is -1.99. The van der Waals surface area contributed by atoms with Crippen LogP contribution in [0.2, 0.25) is 0 Å². The van der Waals surface area contributed by atoms with Crippen molar-refractivity contribution in [3.8, 4) is 0 Å². The molecule has 3 aromatic carbocycles. The van der Waals surface area contributed by atoms with Gasteiger partial charge in [0.15, 0.2) is 0 Å². The molecule has 30 heavy (non-hydrogen) atoms. The highest BCUT2D eigenvalue weighted by molar-refractivity contribution is 6.34. The van der Waals surface area contributed by atoms with Gasteiger partial charge in [0, 0.05) is 39.3 Å². The second-order valence-corrected chi connectivity index (χ2v) is 7.91. The highest BCUT2D eigenvalue weighted by atomic mass is 16.3. The maximum absolute atomic E-state index is 6.53. The van der Waals surface area contributed by atoms with Gasteiger partial charge in [-0.3, -0.25) is 9.97 Å². The van der Waals surface area contributed by atoms with Crippen LogP contribution in [-0.4, -0.2) is 14.4 Å². The van der Waals surface area contributed by atoms with E-state index in [4.69, 9.17) is 4.42 Å². The van der Waals surface area contributed by atoms with Crippen LogP contribution in [-0.2, 0) is 0 Å². The molecule has 0 aliphatic heterocycles. The Morgan fingerprint density at radius 3 is 2.37 bits per heavy atom. The quantitative estimate of drug-likeness (QED) is 0.293. The molecule has 0 aliphatic carbocycles. The van der Waals surface area contributed by atoms with Gasteiger partial charge < -0.3 is 8.82 Å². The van der Waals surface area contributed by atoms with Gasteiger partial charge in [-0.25, -0.2) is 0 Å².